The molecule has 0 aliphatic carbocycles. The molecule has 1 unspecified atom stereocenters. The fourth-order valence-electron chi connectivity index (χ4n) is 3.17. The Morgan fingerprint density at radius 3 is 3.05 bits per heavy atom. The summed E-state index contributed by atoms with van der Waals surface area (Å²) >= 11 is 0. The first-order valence-electron chi connectivity index (χ1n) is 6.98. The highest BCUT2D eigenvalue weighted by molar-refractivity contribution is 5.61. The van der Waals surface area contributed by atoms with Gasteiger partial charge in [-0.15, -0.1) is 0 Å². The van der Waals surface area contributed by atoms with Crippen molar-refractivity contribution < 1.29 is 14.2 Å². The number of hydrogen-bond acceptors (Lipinski definition) is 5. The molecule has 2 aliphatic heterocycles. The van der Waals surface area contributed by atoms with Crippen molar-refractivity contribution in [3.8, 4) is 17.2 Å². The summed E-state index contributed by atoms with van der Waals surface area (Å²) in [7, 11) is 3.77. The fraction of sp³-hybridized carbons (Fsp3) is 0.400. The van der Waals surface area contributed by atoms with E-state index in [0.717, 1.165) is 30.0 Å². The predicted molar refractivity (Wildman–Crippen MR) is 75.8 cm³/mol. The minimum Gasteiger partial charge on any atom is -0.492 e. The minimum atomic E-state index is 0.00759. The van der Waals surface area contributed by atoms with Crippen LogP contribution in [-0.2, 0) is 6.42 Å². The van der Waals surface area contributed by atoms with Crippen molar-refractivity contribution in [2.24, 2.45) is 0 Å². The van der Waals surface area contributed by atoms with Crippen LogP contribution in [0.4, 0.5) is 0 Å². The number of benzene rings is 1. The third-order valence-electron chi connectivity index (χ3n) is 4.13. The van der Waals surface area contributed by atoms with Gasteiger partial charge in [0.15, 0.2) is 11.5 Å². The summed E-state index contributed by atoms with van der Waals surface area (Å²) in [6.07, 6.45) is 4.73. The maximum atomic E-state index is 5.66. The van der Waals surface area contributed by atoms with E-state index in [-0.39, 0.29) is 13.0 Å². The molecular weight excluding hydrogens is 270 g/mol. The molecule has 21 heavy (non-hydrogen) atoms. The van der Waals surface area contributed by atoms with E-state index < -0.39 is 0 Å². The largest absolute Gasteiger partial charge is 0.492 e. The van der Waals surface area contributed by atoms with E-state index in [1.165, 1.54) is 5.56 Å². The van der Waals surface area contributed by atoms with Gasteiger partial charge < -0.3 is 14.2 Å². The fourth-order valence-corrected chi connectivity index (χ4v) is 3.17. The molecular formula is C15H17N3O3. The van der Waals surface area contributed by atoms with Crippen LogP contribution < -0.4 is 14.2 Å². The Morgan fingerprint density at radius 1 is 1.38 bits per heavy atom. The number of nitrogens with zero attached hydrogens (tertiary/aromatic N) is 3. The lowest BCUT2D eigenvalue weighted by Crippen LogP contribution is -2.37. The molecule has 110 valence electrons. The molecule has 6 heteroatoms. The number of likely N-dealkylation sites (N-methyl/N-ethyl adjacent to an activating group) is 1. The van der Waals surface area contributed by atoms with Crippen LogP contribution in [0.2, 0.25) is 0 Å². The second kappa shape index (κ2) is 4.66. The molecule has 0 fully saturated rings. The van der Waals surface area contributed by atoms with Gasteiger partial charge in [-0.1, -0.05) is 0 Å². The first-order chi connectivity index (χ1) is 10.3. The molecule has 2 aromatic rings. The molecule has 0 radical (unpaired) electrons. The zero-order valence-corrected chi connectivity index (χ0v) is 12.1. The molecule has 0 N–H and O–H groups in total. The van der Waals surface area contributed by atoms with Gasteiger partial charge in [0.25, 0.3) is 0 Å². The summed E-state index contributed by atoms with van der Waals surface area (Å²) in [6, 6.07) is 4.01. The highest BCUT2D eigenvalue weighted by Gasteiger charge is 2.35. The summed E-state index contributed by atoms with van der Waals surface area (Å²) in [5.74, 6) is 2.23. The van der Waals surface area contributed by atoms with Crippen LogP contribution in [0.3, 0.4) is 0 Å². The molecule has 0 bridgehead atoms. The predicted octanol–water partition coefficient (Wildman–Crippen LogP) is 1.66. The monoisotopic (exact) mass is 287 g/mol. The Hall–Kier alpha value is -2.21. The van der Waals surface area contributed by atoms with Gasteiger partial charge in [-0.2, -0.15) is 5.10 Å². The molecule has 1 atom stereocenters. The highest BCUT2D eigenvalue weighted by atomic mass is 16.7. The van der Waals surface area contributed by atoms with Gasteiger partial charge in [-0.3, -0.25) is 9.58 Å². The lowest BCUT2D eigenvalue weighted by Gasteiger charge is -2.35. The molecule has 3 heterocycles. The van der Waals surface area contributed by atoms with E-state index in [4.69, 9.17) is 14.2 Å². The maximum absolute atomic E-state index is 5.66. The van der Waals surface area contributed by atoms with Gasteiger partial charge in [0.2, 0.25) is 12.5 Å². The van der Waals surface area contributed by atoms with Crippen LogP contribution in [0.1, 0.15) is 17.3 Å². The number of rotatable bonds is 2. The van der Waals surface area contributed by atoms with Crippen LogP contribution in [0.25, 0.3) is 0 Å². The van der Waals surface area contributed by atoms with E-state index in [1.54, 1.807) is 13.3 Å². The van der Waals surface area contributed by atoms with Gasteiger partial charge in [0.1, 0.15) is 6.17 Å². The second-order valence-electron chi connectivity index (χ2n) is 5.31. The first-order valence-corrected chi connectivity index (χ1v) is 6.98. The van der Waals surface area contributed by atoms with Crippen LogP contribution in [0.5, 0.6) is 17.2 Å². The van der Waals surface area contributed by atoms with E-state index in [2.05, 4.69) is 23.1 Å². The molecule has 4 rings (SSSR count). The van der Waals surface area contributed by atoms with Crippen molar-refractivity contribution in [3.63, 3.8) is 0 Å². The minimum absolute atomic E-state index is 0.00759. The van der Waals surface area contributed by atoms with Crippen LogP contribution in [0.15, 0.2) is 24.5 Å². The van der Waals surface area contributed by atoms with Crippen LogP contribution in [-0.4, -0.2) is 42.2 Å². The SMILES string of the molecule is COc1c2c(cc3c1C(n1cccn1)N(C)CC3)OCO2. The quantitative estimate of drug-likeness (QED) is 0.840. The molecule has 0 amide bonds. The molecule has 0 saturated carbocycles. The molecule has 0 spiro atoms. The molecule has 1 aromatic carbocycles. The molecule has 6 nitrogen and oxygen atoms in total. The number of hydrogen-bond donors (Lipinski definition) is 0. The van der Waals surface area contributed by atoms with E-state index in [9.17, 15) is 0 Å². The highest BCUT2D eigenvalue weighted by Crippen LogP contribution is 2.49. The zero-order chi connectivity index (χ0) is 14.4. The Morgan fingerprint density at radius 2 is 2.29 bits per heavy atom. The number of ether oxygens (including phenoxy) is 3. The maximum Gasteiger partial charge on any atom is 0.231 e. The van der Waals surface area contributed by atoms with E-state index in [1.807, 2.05) is 16.9 Å². The standard InChI is InChI=1S/C15H17N3O3/c1-17-7-4-10-8-11-13(21-9-20-11)14(19-2)12(10)15(17)18-6-3-5-16-18/h3,5-6,8,15H,4,7,9H2,1-2H3. The lowest BCUT2D eigenvalue weighted by molar-refractivity contribution is 0.168. The Kier molecular flexibility index (Phi) is 2.78. The van der Waals surface area contributed by atoms with Crippen LogP contribution in [0, 0.1) is 0 Å². The average Bonchev–Trinajstić information content (AvgIpc) is 3.15. The number of aromatic nitrogens is 2. The van der Waals surface area contributed by atoms with Crippen molar-refractivity contribution in [1.29, 1.82) is 0 Å². The van der Waals surface area contributed by atoms with Crippen LogP contribution >= 0.6 is 0 Å². The van der Waals surface area contributed by atoms with Gasteiger partial charge in [-0.25, -0.2) is 0 Å². The summed E-state index contributed by atoms with van der Waals surface area (Å²) in [5.41, 5.74) is 2.34. The van der Waals surface area contributed by atoms with E-state index in [0.29, 0.717) is 5.75 Å². The summed E-state index contributed by atoms with van der Waals surface area (Å²) in [4.78, 5) is 2.26. The topological polar surface area (TPSA) is 48.8 Å². The third-order valence-corrected chi connectivity index (χ3v) is 4.13. The normalized spacial score (nSPS) is 20.4. The van der Waals surface area contributed by atoms with Crippen molar-refractivity contribution in [2.75, 3.05) is 27.5 Å². The lowest BCUT2D eigenvalue weighted by atomic mass is 9.95. The zero-order valence-electron chi connectivity index (χ0n) is 12.1. The van der Waals surface area contributed by atoms with Crippen molar-refractivity contribution >= 4 is 0 Å². The molecule has 1 aromatic heterocycles. The Bertz CT molecular complexity index is 669. The molecule has 0 saturated heterocycles. The summed E-state index contributed by atoms with van der Waals surface area (Å²) < 4.78 is 18.7. The Balaban J connectivity index is 1.95. The Labute approximate surface area is 122 Å². The third kappa shape index (κ3) is 1.79. The van der Waals surface area contributed by atoms with Crippen molar-refractivity contribution in [1.82, 2.24) is 14.7 Å². The summed E-state index contributed by atoms with van der Waals surface area (Å²) in [6.45, 7) is 1.21. The smallest absolute Gasteiger partial charge is 0.231 e. The van der Waals surface area contributed by atoms with Gasteiger partial charge in [0.05, 0.1) is 7.11 Å². The summed E-state index contributed by atoms with van der Waals surface area (Å²) in [5, 5.41) is 4.41. The van der Waals surface area contributed by atoms with Crippen molar-refractivity contribution in [3.05, 3.63) is 35.7 Å². The average molecular weight is 287 g/mol. The van der Waals surface area contributed by atoms with Gasteiger partial charge in [-0.05, 0) is 31.2 Å². The number of methoxy groups -OCH3 is 1. The molecule has 2 aliphatic rings. The first kappa shape index (κ1) is 12.5. The second-order valence-corrected chi connectivity index (χ2v) is 5.31. The van der Waals surface area contributed by atoms with Gasteiger partial charge in [0, 0.05) is 24.5 Å². The number of fused-ring (bicyclic) bond motifs is 2. The van der Waals surface area contributed by atoms with Gasteiger partial charge >= 0.3 is 0 Å². The van der Waals surface area contributed by atoms with Crippen molar-refractivity contribution in [2.45, 2.75) is 12.6 Å². The van der Waals surface area contributed by atoms with E-state index >= 15 is 0 Å².